The largest absolute Gasteiger partial charge is 0.462 e. The Labute approximate surface area is 139 Å². The zero-order valence-corrected chi connectivity index (χ0v) is 14.5. The van der Waals surface area contributed by atoms with Crippen molar-refractivity contribution in [2.75, 3.05) is 6.61 Å². The molecule has 1 heterocycles. The van der Waals surface area contributed by atoms with Gasteiger partial charge in [0.05, 0.1) is 5.92 Å². The number of allylic oxidation sites excluding steroid dienone is 1. The summed E-state index contributed by atoms with van der Waals surface area (Å²) >= 11 is 0. The highest BCUT2D eigenvalue weighted by atomic mass is 16.6. The fraction of sp³-hybridized carbons (Fsp3) is 0.850. The molecule has 0 spiro atoms. The molecule has 3 aliphatic carbocycles. The van der Waals surface area contributed by atoms with Gasteiger partial charge in [-0.25, -0.2) is 0 Å². The molecule has 1 aliphatic heterocycles. The van der Waals surface area contributed by atoms with Crippen molar-refractivity contribution >= 4 is 5.97 Å². The van der Waals surface area contributed by atoms with E-state index in [1.54, 1.807) is 0 Å². The standard InChI is InChI=1S/C20H30O3/c1-12-4-5-15-14(11-21)16(7-9-19(12,15)2)20(3)8-6-13-10-17(20)18(22)23-13/h13-17,21H,1,4-11H2,2-3H3/t13?,14-,15-,16-,17+,19+,20+/m0/s1. The first-order valence-electron chi connectivity index (χ1n) is 9.40. The SMILES string of the molecule is C=C1CC[C@H]2[C@H](CO)[C@@H]([C@@]3(C)CCC4C[C@@H]3C(=O)O4)CC[C@]12C. The van der Waals surface area contributed by atoms with Gasteiger partial charge >= 0.3 is 5.97 Å². The Morgan fingerprint density at radius 3 is 2.74 bits per heavy atom. The number of fused-ring (bicyclic) bond motifs is 3. The maximum atomic E-state index is 12.4. The number of aliphatic hydroxyl groups is 1. The summed E-state index contributed by atoms with van der Waals surface area (Å²) in [6, 6.07) is 0. The van der Waals surface area contributed by atoms with Gasteiger partial charge < -0.3 is 9.84 Å². The van der Waals surface area contributed by atoms with E-state index in [4.69, 9.17) is 4.74 Å². The van der Waals surface area contributed by atoms with Crippen molar-refractivity contribution in [3.8, 4) is 0 Å². The van der Waals surface area contributed by atoms with Crippen LogP contribution < -0.4 is 0 Å². The number of hydrogen-bond donors (Lipinski definition) is 1. The third kappa shape index (κ3) is 2.01. The highest BCUT2D eigenvalue weighted by Gasteiger charge is 2.60. The van der Waals surface area contributed by atoms with Crippen LogP contribution >= 0.6 is 0 Å². The van der Waals surface area contributed by atoms with Gasteiger partial charge in [-0.05, 0) is 73.5 Å². The van der Waals surface area contributed by atoms with E-state index >= 15 is 0 Å². The van der Waals surface area contributed by atoms with Crippen LogP contribution in [0.25, 0.3) is 0 Å². The predicted octanol–water partition coefficient (Wildman–Crippen LogP) is 3.71. The molecule has 2 bridgehead atoms. The molecule has 3 saturated carbocycles. The van der Waals surface area contributed by atoms with Crippen LogP contribution in [0.1, 0.15) is 58.8 Å². The van der Waals surface area contributed by atoms with Gasteiger partial charge in [0, 0.05) is 6.61 Å². The highest BCUT2D eigenvalue weighted by Crippen LogP contribution is 2.64. The van der Waals surface area contributed by atoms with Gasteiger partial charge in [0.2, 0.25) is 0 Å². The van der Waals surface area contributed by atoms with Crippen LogP contribution in [-0.2, 0) is 9.53 Å². The topological polar surface area (TPSA) is 46.5 Å². The second-order valence-corrected chi connectivity index (χ2v) is 9.05. The molecule has 0 aromatic carbocycles. The second kappa shape index (κ2) is 5.08. The van der Waals surface area contributed by atoms with Crippen LogP contribution in [0.2, 0.25) is 0 Å². The van der Waals surface area contributed by atoms with E-state index in [0.717, 1.165) is 38.5 Å². The lowest BCUT2D eigenvalue weighted by atomic mass is 9.50. The average molecular weight is 318 g/mol. The van der Waals surface area contributed by atoms with Gasteiger partial charge in [-0.1, -0.05) is 26.0 Å². The molecular formula is C20H30O3. The Morgan fingerprint density at radius 2 is 2.00 bits per heavy atom. The number of hydrogen-bond acceptors (Lipinski definition) is 3. The zero-order chi connectivity index (χ0) is 16.4. The van der Waals surface area contributed by atoms with E-state index in [2.05, 4.69) is 20.4 Å². The maximum Gasteiger partial charge on any atom is 0.309 e. The fourth-order valence-electron chi connectivity index (χ4n) is 6.73. The number of carbonyl (C=O) groups excluding carboxylic acids is 1. The van der Waals surface area contributed by atoms with E-state index in [1.165, 1.54) is 12.0 Å². The summed E-state index contributed by atoms with van der Waals surface area (Å²) < 4.78 is 5.55. The summed E-state index contributed by atoms with van der Waals surface area (Å²) in [6.07, 6.45) is 7.67. The minimum absolute atomic E-state index is 0.00271. The Morgan fingerprint density at radius 1 is 1.22 bits per heavy atom. The Bertz CT molecular complexity index is 541. The number of aliphatic hydroxyl groups excluding tert-OH is 1. The second-order valence-electron chi connectivity index (χ2n) is 9.05. The maximum absolute atomic E-state index is 12.4. The third-order valence-corrected chi connectivity index (χ3v) is 8.32. The smallest absolute Gasteiger partial charge is 0.309 e. The van der Waals surface area contributed by atoms with Crippen molar-refractivity contribution < 1.29 is 14.6 Å². The van der Waals surface area contributed by atoms with Gasteiger partial charge in [-0.3, -0.25) is 4.79 Å². The number of carbonyl (C=O) groups is 1. The lowest BCUT2D eigenvalue weighted by Gasteiger charge is -2.54. The molecule has 4 rings (SSSR count). The van der Waals surface area contributed by atoms with Gasteiger partial charge in [0.25, 0.3) is 0 Å². The number of esters is 1. The molecule has 4 fully saturated rings. The monoisotopic (exact) mass is 318 g/mol. The molecule has 4 aliphatic rings. The predicted molar refractivity (Wildman–Crippen MR) is 88.6 cm³/mol. The van der Waals surface area contributed by atoms with Crippen LogP contribution in [0.5, 0.6) is 0 Å². The van der Waals surface area contributed by atoms with Crippen molar-refractivity contribution in [1.82, 2.24) is 0 Å². The first kappa shape index (κ1) is 15.7. The van der Waals surface area contributed by atoms with Gasteiger partial charge in [0.1, 0.15) is 6.10 Å². The first-order chi connectivity index (χ1) is 10.9. The summed E-state index contributed by atoms with van der Waals surface area (Å²) in [5.74, 6) is 1.35. The fourth-order valence-corrected chi connectivity index (χ4v) is 6.73. The molecule has 1 N–H and O–H groups in total. The van der Waals surface area contributed by atoms with Gasteiger partial charge in [-0.15, -0.1) is 0 Å². The molecule has 3 heteroatoms. The minimum Gasteiger partial charge on any atom is -0.462 e. The molecule has 0 aromatic heterocycles. The summed E-state index contributed by atoms with van der Waals surface area (Å²) in [6.45, 7) is 9.24. The molecule has 0 aromatic rings. The third-order valence-electron chi connectivity index (χ3n) is 8.32. The quantitative estimate of drug-likeness (QED) is 0.623. The summed E-state index contributed by atoms with van der Waals surface area (Å²) in [4.78, 5) is 12.4. The average Bonchev–Trinajstić information content (AvgIpc) is 3.01. The van der Waals surface area contributed by atoms with Crippen LogP contribution in [-0.4, -0.2) is 23.8 Å². The van der Waals surface area contributed by atoms with Crippen LogP contribution in [0, 0.1) is 34.5 Å². The Balaban J connectivity index is 1.66. The van der Waals surface area contributed by atoms with Crippen molar-refractivity contribution in [3.05, 3.63) is 12.2 Å². The van der Waals surface area contributed by atoms with Crippen LogP contribution in [0.15, 0.2) is 12.2 Å². The van der Waals surface area contributed by atoms with E-state index in [1.807, 2.05) is 0 Å². The molecule has 128 valence electrons. The molecule has 1 unspecified atom stereocenters. The first-order valence-corrected chi connectivity index (χ1v) is 9.40. The van der Waals surface area contributed by atoms with E-state index in [9.17, 15) is 9.90 Å². The van der Waals surface area contributed by atoms with Gasteiger partial charge in [0.15, 0.2) is 0 Å². The molecule has 7 atom stereocenters. The van der Waals surface area contributed by atoms with Crippen molar-refractivity contribution in [1.29, 1.82) is 0 Å². The number of ether oxygens (including phenoxy) is 1. The van der Waals surface area contributed by atoms with Crippen molar-refractivity contribution in [2.45, 2.75) is 64.9 Å². The Hall–Kier alpha value is -0.830. The van der Waals surface area contributed by atoms with Crippen LogP contribution in [0.4, 0.5) is 0 Å². The van der Waals surface area contributed by atoms with Crippen molar-refractivity contribution in [2.24, 2.45) is 34.5 Å². The van der Waals surface area contributed by atoms with Gasteiger partial charge in [-0.2, -0.15) is 0 Å². The van der Waals surface area contributed by atoms with Crippen LogP contribution in [0.3, 0.4) is 0 Å². The van der Waals surface area contributed by atoms with E-state index in [0.29, 0.717) is 17.8 Å². The summed E-state index contributed by atoms with van der Waals surface area (Å²) in [7, 11) is 0. The summed E-state index contributed by atoms with van der Waals surface area (Å²) in [5, 5.41) is 10.2. The minimum atomic E-state index is 0.00271. The zero-order valence-electron chi connectivity index (χ0n) is 14.5. The lowest BCUT2D eigenvalue weighted by molar-refractivity contribution is -0.148. The lowest BCUT2D eigenvalue weighted by Crippen LogP contribution is -2.50. The summed E-state index contributed by atoms with van der Waals surface area (Å²) in [5.41, 5.74) is 1.59. The molecule has 0 amide bonds. The molecule has 0 radical (unpaired) electrons. The number of rotatable bonds is 2. The normalized spacial score (nSPS) is 52.4. The Kier molecular flexibility index (Phi) is 3.46. The van der Waals surface area contributed by atoms with E-state index in [-0.39, 0.29) is 35.4 Å². The van der Waals surface area contributed by atoms with Crippen molar-refractivity contribution in [3.63, 3.8) is 0 Å². The molecular weight excluding hydrogens is 288 g/mol. The molecule has 1 saturated heterocycles. The highest BCUT2D eigenvalue weighted by molar-refractivity contribution is 5.76. The molecule has 23 heavy (non-hydrogen) atoms. The molecule has 3 nitrogen and oxygen atoms in total. The van der Waals surface area contributed by atoms with E-state index < -0.39 is 0 Å².